The van der Waals surface area contributed by atoms with Crippen LogP contribution in [-0.2, 0) is 6.42 Å². The minimum Gasteiger partial charge on any atom is -0.495 e. The zero-order chi connectivity index (χ0) is 15.4. The first-order valence-electron chi connectivity index (χ1n) is 6.64. The van der Waals surface area contributed by atoms with Gasteiger partial charge in [-0.25, -0.2) is 4.98 Å². The number of rotatable bonds is 4. The molecule has 0 radical (unpaired) electrons. The van der Waals surface area contributed by atoms with E-state index in [0.717, 1.165) is 12.1 Å². The summed E-state index contributed by atoms with van der Waals surface area (Å²) in [5.74, 6) is 0.489. The number of amides is 1. The lowest BCUT2D eigenvalue weighted by molar-refractivity contribution is 0.0992. The average Bonchev–Trinajstić information content (AvgIpc) is 2.52. The van der Waals surface area contributed by atoms with Crippen molar-refractivity contribution in [3.05, 3.63) is 52.8 Å². The van der Waals surface area contributed by atoms with Crippen molar-refractivity contribution in [2.75, 3.05) is 19.1 Å². The van der Waals surface area contributed by atoms with Gasteiger partial charge in [0.15, 0.2) is 0 Å². The Morgan fingerprint density at radius 1 is 1.33 bits per heavy atom. The number of aryl methyl sites for hydroxylation is 1. The fourth-order valence-electron chi connectivity index (χ4n) is 2.07. The molecule has 2 aromatic rings. The number of carbonyl (C=O) groups excluding carboxylic acids is 1. The predicted octanol–water partition coefficient (Wildman–Crippen LogP) is 3.58. The van der Waals surface area contributed by atoms with Gasteiger partial charge in [-0.2, -0.15) is 0 Å². The number of nitrogens with zero attached hydrogens (tertiary/aromatic N) is 2. The molecular formula is C16H17ClN2O2. The zero-order valence-corrected chi connectivity index (χ0v) is 13.0. The third-order valence-electron chi connectivity index (χ3n) is 3.21. The smallest absolute Gasteiger partial charge is 0.258 e. The van der Waals surface area contributed by atoms with E-state index in [4.69, 9.17) is 16.3 Å². The van der Waals surface area contributed by atoms with Crippen molar-refractivity contribution in [3.63, 3.8) is 0 Å². The maximum absolute atomic E-state index is 12.6. The van der Waals surface area contributed by atoms with Gasteiger partial charge in [-0.05, 0) is 30.7 Å². The second-order valence-electron chi connectivity index (χ2n) is 4.56. The minimum atomic E-state index is -0.154. The van der Waals surface area contributed by atoms with Crippen LogP contribution < -0.4 is 9.64 Å². The van der Waals surface area contributed by atoms with E-state index in [1.54, 1.807) is 31.2 Å². The number of para-hydroxylation sites is 2. The van der Waals surface area contributed by atoms with E-state index in [0.29, 0.717) is 22.2 Å². The highest BCUT2D eigenvalue weighted by molar-refractivity contribution is 6.29. The van der Waals surface area contributed by atoms with Gasteiger partial charge in [0.1, 0.15) is 10.9 Å². The Kier molecular flexibility index (Phi) is 4.81. The average molecular weight is 305 g/mol. The van der Waals surface area contributed by atoms with Crippen LogP contribution in [0, 0.1) is 0 Å². The first-order valence-corrected chi connectivity index (χ1v) is 7.02. The Morgan fingerprint density at radius 3 is 2.71 bits per heavy atom. The van der Waals surface area contributed by atoms with Crippen LogP contribution in [-0.4, -0.2) is 25.0 Å². The highest BCUT2D eigenvalue weighted by Gasteiger charge is 2.18. The van der Waals surface area contributed by atoms with Crippen molar-refractivity contribution in [2.45, 2.75) is 13.3 Å². The summed E-state index contributed by atoms with van der Waals surface area (Å²) >= 11 is 5.98. The predicted molar refractivity (Wildman–Crippen MR) is 84.4 cm³/mol. The van der Waals surface area contributed by atoms with Gasteiger partial charge in [0.25, 0.3) is 5.91 Å². The van der Waals surface area contributed by atoms with Gasteiger partial charge in [0, 0.05) is 18.3 Å². The van der Waals surface area contributed by atoms with Crippen LogP contribution in [0.4, 0.5) is 5.69 Å². The molecule has 0 spiro atoms. The zero-order valence-electron chi connectivity index (χ0n) is 12.3. The number of anilines is 1. The number of ether oxygens (including phenoxy) is 1. The van der Waals surface area contributed by atoms with Gasteiger partial charge in [0.2, 0.25) is 0 Å². The number of benzene rings is 1. The lowest BCUT2D eigenvalue weighted by Gasteiger charge is -2.20. The van der Waals surface area contributed by atoms with Gasteiger partial charge in [-0.3, -0.25) is 4.79 Å². The minimum absolute atomic E-state index is 0.154. The van der Waals surface area contributed by atoms with Crippen LogP contribution in [0.2, 0.25) is 5.15 Å². The molecule has 0 saturated heterocycles. The molecule has 110 valence electrons. The summed E-state index contributed by atoms with van der Waals surface area (Å²) in [6.45, 7) is 1.97. The number of hydrogen-bond acceptors (Lipinski definition) is 3. The molecule has 0 aliphatic heterocycles. The molecule has 2 rings (SSSR count). The molecule has 0 bridgehead atoms. The Bertz CT molecular complexity index is 658. The molecule has 0 atom stereocenters. The summed E-state index contributed by atoms with van der Waals surface area (Å²) < 4.78 is 5.29. The van der Waals surface area contributed by atoms with Crippen LogP contribution >= 0.6 is 11.6 Å². The van der Waals surface area contributed by atoms with E-state index in [1.165, 1.54) is 0 Å². The number of aromatic nitrogens is 1. The molecule has 0 N–H and O–H groups in total. The van der Waals surface area contributed by atoms with Gasteiger partial charge in [-0.1, -0.05) is 30.7 Å². The van der Waals surface area contributed by atoms with E-state index in [1.807, 2.05) is 31.2 Å². The van der Waals surface area contributed by atoms with E-state index in [-0.39, 0.29) is 5.91 Å². The van der Waals surface area contributed by atoms with Crippen LogP contribution in [0.5, 0.6) is 5.75 Å². The van der Waals surface area contributed by atoms with E-state index in [2.05, 4.69) is 4.98 Å². The van der Waals surface area contributed by atoms with Gasteiger partial charge in [-0.15, -0.1) is 0 Å². The second-order valence-corrected chi connectivity index (χ2v) is 4.95. The molecule has 0 aliphatic carbocycles. The first-order chi connectivity index (χ1) is 10.1. The lowest BCUT2D eigenvalue weighted by Crippen LogP contribution is -2.26. The van der Waals surface area contributed by atoms with Crippen molar-refractivity contribution in [1.29, 1.82) is 0 Å². The fraction of sp³-hybridized carbons (Fsp3) is 0.250. The maximum atomic E-state index is 12.6. The summed E-state index contributed by atoms with van der Waals surface area (Å²) in [5.41, 5.74) is 2.01. The summed E-state index contributed by atoms with van der Waals surface area (Å²) in [6.07, 6.45) is 0.721. The number of pyridine rings is 1. The largest absolute Gasteiger partial charge is 0.495 e. The molecule has 0 fully saturated rings. The van der Waals surface area contributed by atoms with Crippen molar-refractivity contribution in [2.24, 2.45) is 0 Å². The molecule has 5 heteroatoms. The molecule has 1 amide bonds. The summed E-state index contributed by atoms with van der Waals surface area (Å²) in [7, 11) is 3.29. The van der Waals surface area contributed by atoms with Gasteiger partial charge < -0.3 is 9.64 Å². The molecular weight excluding hydrogens is 288 g/mol. The number of halogens is 1. The number of methoxy groups -OCH3 is 1. The maximum Gasteiger partial charge on any atom is 0.258 e. The third-order valence-corrected chi connectivity index (χ3v) is 3.40. The van der Waals surface area contributed by atoms with E-state index >= 15 is 0 Å². The molecule has 1 aromatic heterocycles. The molecule has 1 aromatic carbocycles. The SMILES string of the molecule is CCc1cc(C(=O)N(C)c2ccccc2OC)cc(Cl)n1. The summed E-state index contributed by atoms with van der Waals surface area (Å²) in [6, 6.07) is 10.7. The summed E-state index contributed by atoms with van der Waals surface area (Å²) in [5, 5.41) is 0.325. The third kappa shape index (κ3) is 3.34. The monoisotopic (exact) mass is 304 g/mol. The van der Waals surface area contributed by atoms with Crippen LogP contribution in [0.15, 0.2) is 36.4 Å². The van der Waals surface area contributed by atoms with Crippen molar-refractivity contribution in [1.82, 2.24) is 4.98 Å². The van der Waals surface area contributed by atoms with Crippen LogP contribution in [0.3, 0.4) is 0 Å². The molecule has 4 nitrogen and oxygen atoms in total. The fourth-order valence-corrected chi connectivity index (χ4v) is 2.29. The molecule has 0 aliphatic rings. The molecule has 0 unspecified atom stereocenters. The summed E-state index contributed by atoms with van der Waals surface area (Å²) in [4.78, 5) is 18.3. The number of hydrogen-bond donors (Lipinski definition) is 0. The topological polar surface area (TPSA) is 42.4 Å². The second kappa shape index (κ2) is 6.59. The quantitative estimate of drug-likeness (QED) is 0.811. The van der Waals surface area contributed by atoms with E-state index < -0.39 is 0 Å². The van der Waals surface area contributed by atoms with Gasteiger partial charge in [0.05, 0.1) is 12.8 Å². The Morgan fingerprint density at radius 2 is 2.05 bits per heavy atom. The van der Waals surface area contributed by atoms with Crippen LogP contribution in [0.1, 0.15) is 23.0 Å². The highest BCUT2D eigenvalue weighted by Crippen LogP contribution is 2.28. The van der Waals surface area contributed by atoms with E-state index in [9.17, 15) is 4.79 Å². The molecule has 21 heavy (non-hydrogen) atoms. The van der Waals surface area contributed by atoms with Crippen molar-refractivity contribution in [3.8, 4) is 5.75 Å². The Labute approximate surface area is 129 Å². The van der Waals surface area contributed by atoms with Crippen LogP contribution in [0.25, 0.3) is 0 Å². The normalized spacial score (nSPS) is 10.3. The Balaban J connectivity index is 2.37. The van der Waals surface area contributed by atoms with Gasteiger partial charge >= 0.3 is 0 Å². The lowest BCUT2D eigenvalue weighted by atomic mass is 10.1. The first kappa shape index (κ1) is 15.3. The highest BCUT2D eigenvalue weighted by atomic mass is 35.5. The standard InChI is InChI=1S/C16H17ClN2O2/c1-4-12-9-11(10-15(17)18-12)16(20)19(2)13-7-5-6-8-14(13)21-3/h5-10H,4H2,1-3H3. The Hall–Kier alpha value is -2.07. The molecule has 1 heterocycles. The van der Waals surface area contributed by atoms with Crippen molar-refractivity contribution >= 4 is 23.2 Å². The van der Waals surface area contributed by atoms with Crippen molar-refractivity contribution < 1.29 is 9.53 Å². The molecule has 0 saturated carbocycles. The number of carbonyl (C=O) groups is 1.